The summed E-state index contributed by atoms with van der Waals surface area (Å²) in [6, 6.07) is 10.4. The largest absolute Gasteiger partial charge is 0.493 e. The summed E-state index contributed by atoms with van der Waals surface area (Å²) in [5.41, 5.74) is 1.68. The Hall–Kier alpha value is -3.45. The summed E-state index contributed by atoms with van der Waals surface area (Å²) < 4.78 is 34.1. The second-order valence-corrected chi connectivity index (χ2v) is 7.96. The van der Waals surface area contributed by atoms with Crippen LogP contribution in [0, 0.1) is 0 Å². The summed E-state index contributed by atoms with van der Waals surface area (Å²) >= 11 is 0. The van der Waals surface area contributed by atoms with E-state index in [9.17, 15) is 4.79 Å². The fourth-order valence-corrected chi connectivity index (χ4v) is 3.85. The van der Waals surface area contributed by atoms with Crippen LogP contribution < -0.4 is 19.8 Å². The van der Waals surface area contributed by atoms with E-state index >= 15 is 0 Å². The third-order valence-corrected chi connectivity index (χ3v) is 5.66. The zero-order chi connectivity index (χ0) is 21.8. The Kier molecular flexibility index (Phi) is 4.44. The van der Waals surface area contributed by atoms with Crippen LogP contribution in [-0.2, 0) is 4.74 Å². The average Bonchev–Trinajstić information content (AvgIpc) is 3.12. The van der Waals surface area contributed by atoms with Crippen molar-refractivity contribution in [2.24, 2.45) is 0 Å². The first-order chi connectivity index (χ1) is 14.9. The van der Waals surface area contributed by atoms with Gasteiger partial charge in [-0.2, -0.15) is 0 Å². The lowest BCUT2D eigenvalue weighted by molar-refractivity contribution is 0.258. The summed E-state index contributed by atoms with van der Waals surface area (Å²) in [6.07, 6.45) is 1.60. The molecule has 0 unspecified atom stereocenters. The Bertz CT molecular complexity index is 1350. The number of methoxy groups -OCH3 is 2. The number of hydrogen-bond donors (Lipinski definition) is 0. The van der Waals surface area contributed by atoms with Crippen LogP contribution in [0.3, 0.4) is 0 Å². The quantitative estimate of drug-likeness (QED) is 0.327. The van der Waals surface area contributed by atoms with Gasteiger partial charge in [0.15, 0.2) is 17.1 Å². The zero-order valence-corrected chi connectivity index (χ0v) is 17.7. The third kappa shape index (κ3) is 3.21. The minimum atomic E-state index is -0.460. The van der Waals surface area contributed by atoms with Gasteiger partial charge in [0, 0.05) is 6.07 Å². The minimum absolute atomic E-state index is 0.00532. The molecule has 0 amide bonds. The normalized spacial score (nSPS) is 17.1. The molecule has 7 heteroatoms. The lowest BCUT2D eigenvalue weighted by Gasteiger charge is -2.14. The second-order valence-electron chi connectivity index (χ2n) is 7.96. The summed E-state index contributed by atoms with van der Waals surface area (Å²) in [5.74, 6) is 1.75. The van der Waals surface area contributed by atoms with E-state index in [1.165, 1.54) is 6.07 Å². The summed E-state index contributed by atoms with van der Waals surface area (Å²) in [6.45, 7) is 4.43. The Balaban J connectivity index is 1.74. The van der Waals surface area contributed by atoms with E-state index in [0.717, 1.165) is 10.9 Å². The summed E-state index contributed by atoms with van der Waals surface area (Å²) in [7, 11) is 3.15. The third-order valence-electron chi connectivity index (χ3n) is 5.66. The highest BCUT2D eigenvalue weighted by Gasteiger charge is 2.48. The van der Waals surface area contributed by atoms with E-state index in [4.69, 9.17) is 27.8 Å². The molecule has 1 aliphatic rings. The van der Waals surface area contributed by atoms with Gasteiger partial charge in [-0.25, -0.2) is 4.79 Å². The smallest absolute Gasteiger partial charge is 0.336 e. The molecule has 160 valence electrons. The second kappa shape index (κ2) is 7.06. The molecule has 31 heavy (non-hydrogen) atoms. The van der Waals surface area contributed by atoms with Gasteiger partial charge in [0.05, 0.1) is 42.4 Å². The molecule has 1 saturated heterocycles. The van der Waals surface area contributed by atoms with Crippen molar-refractivity contribution in [1.82, 2.24) is 0 Å². The first kappa shape index (κ1) is 19.5. The molecule has 0 spiro atoms. The van der Waals surface area contributed by atoms with Gasteiger partial charge in [-0.05, 0) is 43.7 Å². The van der Waals surface area contributed by atoms with Gasteiger partial charge < -0.3 is 27.8 Å². The molecule has 3 heterocycles. The van der Waals surface area contributed by atoms with Crippen LogP contribution in [0.15, 0.2) is 56.3 Å². The molecule has 4 aromatic rings. The Morgan fingerprint density at radius 3 is 2.42 bits per heavy atom. The van der Waals surface area contributed by atoms with Gasteiger partial charge in [0.2, 0.25) is 0 Å². The van der Waals surface area contributed by atoms with Gasteiger partial charge in [0.1, 0.15) is 24.0 Å². The molecule has 0 N–H and O–H groups in total. The molecule has 2 aromatic heterocycles. The first-order valence-corrected chi connectivity index (χ1v) is 9.93. The number of hydrogen-bond acceptors (Lipinski definition) is 7. The van der Waals surface area contributed by atoms with E-state index < -0.39 is 5.63 Å². The molecule has 5 rings (SSSR count). The van der Waals surface area contributed by atoms with Crippen molar-refractivity contribution in [3.63, 3.8) is 0 Å². The fourth-order valence-electron chi connectivity index (χ4n) is 3.85. The van der Waals surface area contributed by atoms with Crippen LogP contribution in [0.4, 0.5) is 0 Å². The molecule has 0 bridgehead atoms. The van der Waals surface area contributed by atoms with E-state index in [1.807, 2.05) is 32.0 Å². The number of ether oxygens (including phenoxy) is 4. The van der Waals surface area contributed by atoms with Crippen LogP contribution in [0.5, 0.6) is 17.2 Å². The highest BCUT2D eigenvalue weighted by atomic mass is 16.6. The van der Waals surface area contributed by atoms with Gasteiger partial charge in [-0.3, -0.25) is 0 Å². The van der Waals surface area contributed by atoms with E-state index in [-0.39, 0.29) is 11.7 Å². The zero-order valence-electron chi connectivity index (χ0n) is 17.7. The minimum Gasteiger partial charge on any atom is -0.493 e. The molecule has 1 aliphatic heterocycles. The molecule has 1 atom stereocenters. The molecule has 1 fully saturated rings. The van der Waals surface area contributed by atoms with Gasteiger partial charge >= 0.3 is 5.63 Å². The monoisotopic (exact) mass is 422 g/mol. The molecular weight excluding hydrogens is 400 g/mol. The van der Waals surface area contributed by atoms with Gasteiger partial charge in [-0.15, -0.1) is 0 Å². The highest BCUT2D eigenvalue weighted by Crippen LogP contribution is 2.45. The number of fused-ring (bicyclic) bond motifs is 2. The number of furan rings is 1. The highest BCUT2D eigenvalue weighted by molar-refractivity contribution is 6.12. The van der Waals surface area contributed by atoms with Crippen molar-refractivity contribution in [2.45, 2.75) is 25.6 Å². The Labute approximate surface area is 178 Å². The van der Waals surface area contributed by atoms with E-state index in [2.05, 4.69) is 0 Å². The van der Waals surface area contributed by atoms with Crippen molar-refractivity contribution in [3.8, 4) is 28.4 Å². The lowest BCUT2D eigenvalue weighted by Crippen LogP contribution is -2.12. The first-order valence-electron chi connectivity index (χ1n) is 9.93. The average molecular weight is 422 g/mol. The van der Waals surface area contributed by atoms with Crippen LogP contribution in [-0.4, -0.2) is 32.5 Å². The predicted molar refractivity (Wildman–Crippen MR) is 115 cm³/mol. The maximum atomic E-state index is 12.1. The molecule has 2 aromatic carbocycles. The molecule has 0 radical (unpaired) electrons. The van der Waals surface area contributed by atoms with Crippen molar-refractivity contribution in [3.05, 3.63) is 53.1 Å². The lowest BCUT2D eigenvalue weighted by atomic mass is 9.99. The van der Waals surface area contributed by atoms with Gasteiger partial charge in [-0.1, -0.05) is 6.07 Å². The molecular formula is C24H22O7. The number of rotatable bonds is 6. The number of epoxide rings is 1. The maximum Gasteiger partial charge on any atom is 0.336 e. The van der Waals surface area contributed by atoms with Crippen LogP contribution >= 0.6 is 0 Å². The number of benzene rings is 2. The molecule has 0 saturated carbocycles. The topological polar surface area (TPSA) is 83.6 Å². The van der Waals surface area contributed by atoms with Gasteiger partial charge in [0.25, 0.3) is 0 Å². The van der Waals surface area contributed by atoms with Crippen LogP contribution in [0.25, 0.3) is 33.1 Å². The van der Waals surface area contributed by atoms with Crippen LogP contribution in [0.1, 0.15) is 13.8 Å². The van der Waals surface area contributed by atoms with Crippen LogP contribution in [0.2, 0.25) is 0 Å². The van der Waals surface area contributed by atoms with Crippen molar-refractivity contribution in [1.29, 1.82) is 0 Å². The standard InChI is InChI=1S/C24H22O7/c1-24(2)18(31-24)12-29-21-14-6-8-19(25)30-23(14)20(22-15(21)9-10-28-22)13-5-7-16(26-3)17(11-13)27-4/h5-11,18H,12H2,1-4H3/t18-/m1/s1. The summed E-state index contributed by atoms with van der Waals surface area (Å²) in [5, 5.41) is 1.46. The fraction of sp³-hybridized carbons (Fsp3) is 0.292. The van der Waals surface area contributed by atoms with Crippen molar-refractivity contribution < 1.29 is 27.8 Å². The molecule has 0 aliphatic carbocycles. The van der Waals surface area contributed by atoms with Crippen molar-refractivity contribution >= 4 is 21.9 Å². The molecule has 7 nitrogen and oxygen atoms in total. The van der Waals surface area contributed by atoms with E-state index in [1.54, 1.807) is 32.6 Å². The maximum absolute atomic E-state index is 12.1. The summed E-state index contributed by atoms with van der Waals surface area (Å²) in [4.78, 5) is 12.1. The Morgan fingerprint density at radius 1 is 0.968 bits per heavy atom. The predicted octanol–water partition coefficient (Wildman–Crippen LogP) is 4.78. The van der Waals surface area contributed by atoms with Crippen molar-refractivity contribution in [2.75, 3.05) is 20.8 Å². The van der Waals surface area contributed by atoms with E-state index in [0.29, 0.717) is 46.0 Å². The Morgan fingerprint density at radius 2 is 1.71 bits per heavy atom. The SMILES string of the molecule is COc1ccc(-c2c3occc3c(OC[C@H]3OC3(C)C)c3ccc(=O)oc23)cc1OC.